The number of esters is 2. The van der Waals surface area contributed by atoms with Crippen molar-refractivity contribution in [2.24, 2.45) is 11.8 Å². The number of carbonyl (C=O) groups excluding carboxylic acids is 2. The average Bonchev–Trinajstić information content (AvgIpc) is 2.43. The highest BCUT2D eigenvalue weighted by molar-refractivity contribution is 5.91. The highest BCUT2D eigenvalue weighted by Gasteiger charge is 2.02. The van der Waals surface area contributed by atoms with E-state index in [0.29, 0.717) is 25.0 Å². The van der Waals surface area contributed by atoms with E-state index < -0.39 is 11.9 Å². The number of ether oxygens (including phenoxy) is 2. The van der Waals surface area contributed by atoms with Gasteiger partial charge >= 0.3 is 11.9 Å². The molecule has 0 saturated carbocycles. The molecule has 0 unspecified atom stereocenters. The molecule has 0 aliphatic rings. The van der Waals surface area contributed by atoms with E-state index in [1.54, 1.807) is 0 Å². The Bertz CT molecular complexity index is 300. The zero-order valence-electron chi connectivity index (χ0n) is 14.6. The molecular weight excluding hydrogens is 280 g/mol. The molecule has 0 aliphatic heterocycles. The summed E-state index contributed by atoms with van der Waals surface area (Å²) >= 11 is 0. The average molecular weight is 312 g/mol. The molecule has 0 rings (SSSR count). The van der Waals surface area contributed by atoms with Crippen LogP contribution in [0.25, 0.3) is 0 Å². The third kappa shape index (κ3) is 15.1. The summed E-state index contributed by atoms with van der Waals surface area (Å²) in [6, 6.07) is 0. The van der Waals surface area contributed by atoms with Crippen LogP contribution in [-0.2, 0) is 19.1 Å². The molecule has 0 bridgehead atoms. The van der Waals surface area contributed by atoms with Gasteiger partial charge in [-0.3, -0.25) is 0 Å². The van der Waals surface area contributed by atoms with Crippen molar-refractivity contribution in [3.05, 3.63) is 12.2 Å². The highest BCUT2D eigenvalue weighted by Crippen LogP contribution is 2.07. The summed E-state index contributed by atoms with van der Waals surface area (Å²) in [5.74, 6) is 0.374. The van der Waals surface area contributed by atoms with Gasteiger partial charge in [0, 0.05) is 12.2 Å². The molecule has 4 heteroatoms. The van der Waals surface area contributed by atoms with Gasteiger partial charge in [0.1, 0.15) is 0 Å². The van der Waals surface area contributed by atoms with E-state index in [1.807, 2.05) is 0 Å². The van der Waals surface area contributed by atoms with E-state index >= 15 is 0 Å². The van der Waals surface area contributed by atoms with Crippen molar-refractivity contribution < 1.29 is 19.1 Å². The summed E-state index contributed by atoms with van der Waals surface area (Å²) in [5, 5.41) is 0. The molecule has 0 aliphatic carbocycles. The molecule has 0 N–H and O–H groups in total. The van der Waals surface area contributed by atoms with Crippen molar-refractivity contribution >= 4 is 11.9 Å². The van der Waals surface area contributed by atoms with Gasteiger partial charge < -0.3 is 9.47 Å². The van der Waals surface area contributed by atoms with Crippen LogP contribution in [0, 0.1) is 11.8 Å². The van der Waals surface area contributed by atoms with Crippen LogP contribution in [0.3, 0.4) is 0 Å². The lowest BCUT2D eigenvalue weighted by Gasteiger charge is -2.05. The summed E-state index contributed by atoms with van der Waals surface area (Å²) in [5.41, 5.74) is 0. The van der Waals surface area contributed by atoms with E-state index in [2.05, 4.69) is 27.7 Å². The third-order valence-electron chi connectivity index (χ3n) is 3.20. The second kappa shape index (κ2) is 13.4. The number of carbonyl (C=O) groups is 2. The molecule has 22 heavy (non-hydrogen) atoms. The van der Waals surface area contributed by atoms with Crippen LogP contribution in [-0.4, -0.2) is 25.2 Å². The van der Waals surface area contributed by atoms with Gasteiger partial charge in [0.05, 0.1) is 13.2 Å². The molecule has 0 amide bonds. The minimum Gasteiger partial charge on any atom is -0.463 e. The number of hydrogen-bond acceptors (Lipinski definition) is 4. The standard InChI is InChI=1S/C18H32O4/c1-15(2)9-5-7-13-21-17(19)11-12-18(20)22-14-8-6-10-16(3)4/h11-12,15-16H,5-10,13-14H2,1-4H3/b12-11+. The summed E-state index contributed by atoms with van der Waals surface area (Å²) in [7, 11) is 0. The molecule has 4 nitrogen and oxygen atoms in total. The van der Waals surface area contributed by atoms with Crippen LogP contribution < -0.4 is 0 Å². The molecule has 0 atom stereocenters. The van der Waals surface area contributed by atoms with Crippen LogP contribution in [0.4, 0.5) is 0 Å². The van der Waals surface area contributed by atoms with Crippen molar-refractivity contribution in [3.63, 3.8) is 0 Å². The lowest BCUT2D eigenvalue weighted by molar-refractivity contribution is -0.140. The highest BCUT2D eigenvalue weighted by atomic mass is 16.5. The van der Waals surface area contributed by atoms with Gasteiger partial charge in [-0.25, -0.2) is 9.59 Å². The monoisotopic (exact) mass is 312 g/mol. The molecule has 0 aromatic heterocycles. The quantitative estimate of drug-likeness (QED) is 0.306. The van der Waals surface area contributed by atoms with Crippen LogP contribution in [0.15, 0.2) is 12.2 Å². The summed E-state index contributed by atoms with van der Waals surface area (Å²) in [4.78, 5) is 22.8. The van der Waals surface area contributed by atoms with E-state index in [1.165, 1.54) is 0 Å². The molecule has 0 heterocycles. The number of rotatable bonds is 12. The van der Waals surface area contributed by atoms with Crippen molar-refractivity contribution in [2.75, 3.05) is 13.2 Å². The van der Waals surface area contributed by atoms with E-state index in [-0.39, 0.29) is 0 Å². The fourth-order valence-electron chi connectivity index (χ4n) is 1.89. The van der Waals surface area contributed by atoms with Crippen LogP contribution in [0.2, 0.25) is 0 Å². The third-order valence-corrected chi connectivity index (χ3v) is 3.20. The fraction of sp³-hybridized carbons (Fsp3) is 0.778. The van der Waals surface area contributed by atoms with Crippen LogP contribution in [0.5, 0.6) is 0 Å². The Labute approximate surface area is 135 Å². The van der Waals surface area contributed by atoms with E-state index in [9.17, 15) is 9.59 Å². The minimum absolute atomic E-state index is 0.403. The fourth-order valence-corrected chi connectivity index (χ4v) is 1.89. The van der Waals surface area contributed by atoms with Crippen molar-refractivity contribution in [3.8, 4) is 0 Å². The molecule has 0 spiro atoms. The first-order valence-electron chi connectivity index (χ1n) is 8.43. The topological polar surface area (TPSA) is 52.6 Å². The Morgan fingerprint density at radius 2 is 1.09 bits per heavy atom. The Balaban J connectivity index is 3.59. The van der Waals surface area contributed by atoms with Gasteiger partial charge in [0.15, 0.2) is 0 Å². The molecular formula is C18H32O4. The first-order chi connectivity index (χ1) is 10.4. The first kappa shape index (κ1) is 20.7. The molecule has 0 radical (unpaired) electrons. The lowest BCUT2D eigenvalue weighted by Crippen LogP contribution is -2.06. The molecule has 0 aromatic rings. The summed E-state index contributed by atoms with van der Waals surface area (Å²) < 4.78 is 10.0. The minimum atomic E-state index is -0.485. The summed E-state index contributed by atoms with van der Waals surface area (Å²) in [6.07, 6.45) is 8.36. The van der Waals surface area contributed by atoms with Crippen LogP contribution >= 0.6 is 0 Å². The largest absolute Gasteiger partial charge is 0.463 e. The van der Waals surface area contributed by atoms with Crippen molar-refractivity contribution in [1.29, 1.82) is 0 Å². The van der Waals surface area contributed by atoms with Crippen molar-refractivity contribution in [2.45, 2.75) is 66.2 Å². The van der Waals surface area contributed by atoms with Gasteiger partial charge in [0.25, 0.3) is 0 Å². The summed E-state index contributed by atoms with van der Waals surface area (Å²) in [6.45, 7) is 9.49. The maximum atomic E-state index is 11.4. The SMILES string of the molecule is CC(C)CCCCOC(=O)/C=C/C(=O)OCCCCC(C)C. The predicted octanol–water partition coefficient (Wildman–Crippen LogP) is 4.28. The number of unbranched alkanes of at least 4 members (excludes halogenated alkanes) is 2. The van der Waals surface area contributed by atoms with E-state index in [4.69, 9.17) is 9.47 Å². The number of hydrogen-bond donors (Lipinski definition) is 0. The Hall–Kier alpha value is -1.32. The van der Waals surface area contributed by atoms with E-state index in [0.717, 1.165) is 50.7 Å². The first-order valence-corrected chi connectivity index (χ1v) is 8.43. The maximum absolute atomic E-state index is 11.4. The lowest BCUT2D eigenvalue weighted by atomic mass is 10.1. The zero-order chi connectivity index (χ0) is 16.8. The van der Waals surface area contributed by atoms with Gasteiger partial charge in [0.2, 0.25) is 0 Å². The van der Waals surface area contributed by atoms with Crippen LogP contribution in [0.1, 0.15) is 66.2 Å². The van der Waals surface area contributed by atoms with Gasteiger partial charge in [-0.05, 0) is 37.5 Å². The maximum Gasteiger partial charge on any atom is 0.331 e. The Morgan fingerprint density at radius 3 is 1.41 bits per heavy atom. The zero-order valence-corrected chi connectivity index (χ0v) is 14.6. The van der Waals surface area contributed by atoms with Gasteiger partial charge in [-0.15, -0.1) is 0 Å². The van der Waals surface area contributed by atoms with Gasteiger partial charge in [-0.1, -0.05) is 40.5 Å². The van der Waals surface area contributed by atoms with Gasteiger partial charge in [-0.2, -0.15) is 0 Å². The molecule has 128 valence electrons. The second-order valence-corrected chi connectivity index (χ2v) is 6.45. The molecule has 0 aromatic carbocycles. The van der Waals surface area contributed by atoms with Crippen molar-refractivity contribution in [1.82, 2.24) is 0 Å². The predicted molar refractivity (Wildman–Crippen MR) is 88.4 cm³/mol. The normalized spacial score (nSPS) is 11.4. The molecule has 0 fully saturated rings. The Kier molecular flexibility index (Phi) is 12.5. The molecule has 0 saturated heterocycles. The smallest absolute Gasteiger partial charge is 0.331 e. The Morgan fingerprint density at radius 1 is 0.727 bits per heavy atom. The second-order valence-electron chi connectivity index (χ2n) is 6.45.